The molecule has 0 aliphatic carbocycles. The summed E-state index contributed by atoms with van der Waals surface area (Å²) in [6, 6.07) is 4.55. The van der Waals surface area contributed by atoms with Gasteiger partial charge >= 0.3 is 0 Å². The Morgan fingerprint density at radius 3 is 2.78 bits per heavy atom. The fraction of sp³-hybridized carbons (Fsp3) is 0.462. The summed E-state index contributed by atoms with van der Waals surface area (Å²) in [5, 5.41) is 3.34. The van der Waals surface area contributed by atoms with E-state index >= 15 is 0 Å². The van der Waals surface area contributed by atoms with Crippen molar-refractivity contribution in [2.24, 2.45) is 0 Å². The van der Waals surface area contributed by atoms with Gasteiger partial charge in [0.1, 0.15) is 5.82 Å². The number of benzene rings is 1. The number of nitrogens with zero attached hydrogens (tertiary/aromatic N) is 1. The lowest BCUT2D eigenvalue weighted by Crippen LogP contribution is -2.36. The van der Waals surface area contributed by atoms with Gasteiger partial charge in [0.25, 0.3) is 0 Å². The topological polar surface area (TPSA) is 32.3 Å². The highest BCUT2D eigenvalue weighted by molar-refractivity contribution is 6.30. The van der Waals surface area contributed by atoms with Crippen LogP contribution in [0.4, 0.5) is 4.39 Å². The number of nitrogens with one attached hydrogen (secondary N) is 1. The summed E-state index contributed by atoms with van der Waals surface area (Å²) in [5.74, 6) is -0.259. The van der Waals surface area contributed by atoms with Gasteiger partial charge in [-0.15, -0.1) is 0 Å². The first-order valence-electron chi connectivity index (χ1n) is 6.09. The van der Waals surface area contributed by atoms with E-state index < -0.39 is 0 Å². The molecule has 1 aromatic rings. The minimum absolute atomic E-state index is 0.0851. The Labute approximate surface area is 111 Å². The fourth-order valence-corrected chi connectivity index (χ4v) is 2.21. The summed E-state index contributed by atoms with van der Waals surface area (Å²) in [5.41, 5.74) is 0.522. The number of halogens is 2. The summed E-state index contributed by atoms with van der Waals surface area (Å²) in [6.45, 7) is 2.27. The van der Waals surface area contributed by atoms with Gasteiger partial charge in [-0.1, -0.05) is 17.7 Å². The van der Waals surface area contributed by atoms with Crippen LogP contribution in [0.1, 0.15) is 18.4 Å². The van der Waals surface area contributed by atoms with E-state index in [2.05, 4.69) is 5.32 Å². The number of carbonyl (C=O) groups is 1. The Morgan fingerprint density at radius 1 is 1.39 bits per heavy atom. The van der Waals surface area contributed by atoms with Gasteiger partial charge < -0.3 is 10.2 Å². The molecule has 5 heteroatoms. The third-order valence-electron chi connectivity index (χ3n) is 3.07. The molecule has 1 N–H and O–H groups in total. The van der Waals surface area contributed by atoms with Gasteiger partial charge in [0, 0.05) is 30.2 Å². The number of likely N-dealkylation sites (tertiary alicyclic amines) is 1. The van der Waals surface area contributed by atoms with Crippen LogP contribution >= 0.6 is 11.6 Å². The zero-order valence-electron chi connectivity index (χ0n) is 10.1. The van der Waals surface area contributed by atoms with Gasteiger partial charge in [0.05, 0.1) is 6.54 Å². The van der Waals surface area contributed by atoms with E-state index in [0.717, 1.165) is 25.9 Å². The minimum atomic E-state index is -0.344. The number of carbonyl (C=O) groups excluding carboxylic acids is 1. The van der Waals surface area contributed by atoms with Gasteiger partial charge in [0.2, 0.25) is 5.91 Å². The first kappa shape index (κ1) is 13.3. The molecule has 0 atom stereocenters. The van der Waals surface area contributed by atoms with Gasteiger partial charge in [0.15, 0.2) is 0 Å². The first-order chi connectivity index (χ1) is 8.66. The molecule has 1 heterocycles. The molecule has 0 unspecified atom stereocenters. The van der Waals surface area contributed by atoms with Crippen LogP contribution in [-0.2, 0) is 11.3 Å². The number of hydrogen-bond donors (Lipinski definition) is 1. The molecule has 0 saturated carbocycles. The molecule has 1 fully saturated rings. The van der Waals surface area contributed by atoms with Gasteiger partial charge in [-0.2, -0.15) is 0 Å². The third kappa shape index (κ3) is 3.43. The molecular weight excluding hydrogens is 255 g/mol. The molecule has 0 aromatic heterocycles. The van der Waals surface area contributed by atoms with Crippen LogP contribution < -0.4 is 5.32 Å². The molecule has 1 saturated heterocycles. The predicted molar refractivity (Wildman–Crippen MR) is 68.9 cm³/mol. The Morgan fingerprint density at radius 2 is 2.11 bits per heavy atom. The van der Waals surface area contributed by atoms with Gasteiger partial charge in [-0.3, -0.25) is 4.79 Å². The van der Waals surface area contributed by atoms with Crippen LogP contribution in [0.3, 0.4) is 0 Å². The quantitative estimate of drug-likeness (QED) is 0.910. The molecular formula is C13H16ClFN2O. The van der Waals surface area contributed by atoms with Crippen molar-refractivity contribution in [1.82, 2.24) is 10.2 Å². The zero-order chi connectivity index (χ0) is 13.0. The summed E-state index contributed by atoms with van der Waals surface area (Å²) >= 11 is 5.67. The molecule has 3 nitrogen and oxygen atoms in total. The highest BCUT2D eigenvalue weighted by Gasteiger charge is 2.17. The number of amides is 1. The van der Waals surface area contributed by atoms with E-state index in [0.29, 0.717) is 17.1 Å². The van der Waals surface area contributed by atoms with Crippen LogP contribution in [0.2, 0.25) is 5.02 Å². The molecule has 2 rings (SSSR count). The predicted octanol–water partition coefficient (Wildman–Crippen LogP) is 2.19. The standard InChI is InChI=1S/C13H16ClFN2O/c14-11-4-3-10(12(15)7-11)8-16-9-13(18)17-5-1-2-6-17/h3-4,7,16H,1-2,5-6,8-9H2. The van der Waals surface area contributed by atoms with Crippen molar-refractivity contribution in [3.63, 3.8) is 0 Å². The number of hydrogen-bond acceptors (Lipinski definition) is 2. The molecule has 1 aliphatic heterocycles. The van der Waals surface area contributed by atoms with Crippen molar-refractivity contribution in [2.75, 3.05) is 19.6 Å². The Balaban J connectivity index is 1.79. The largest absolute Gasteiger partial charge is 0.342 e. The Kier molecular flexibility index (Phi) is 4.55. The maximum Gasteiger partial charge on any atom is 0.236 e. The molecule has 98 valence electrons. The second-order valence-electron chi connectivity index (χ2n) is 4.43. The van der Waals surface area contributed by atoms with Crippen LogP contribution in [0.25, 0.3) is 0 Å². The smallest absolute Gasteiger partial charge is 0.236 e. The van der Waals surface area contributed by atoms with Crippen molar-refractivity contribution < 1.29 is 9.18 Å². The highest BCUT2D eigenvalue weighted by atomic mass is 35.5. The van der Waals surface area contributed by atoms with Crippen molar-refractivity contribution in [1.29, 1.82) is 0 Å². The second kappa shape index (κ2) is 6.16. The fourth-order valence-electron chi connectivity index (χ4n) is 2.05. The number of rotatable bonds is 4. The summed E-state index contributed by atoms with van der Waals surface area (Å²) < 4.78 is 13.5. The minimum Gasteiger partial charge on any atom is -0.342 e. The van der Waals surface area contributed by atoms with Crippen molar-refractivity contribution in [3.8, 4) is 0 Å². The van der Waals surface area contributed by atoms with E-state index in [-0.39, 0.29) is 18.3 Å². The lowest BCUT2D eigenvalue weighted by molar-refractivity contribution is -0.129. The van der Waals surface area contributed by atoms with Crippen LogP contribution in [0, 0.1) is 5.82 Å². The monoisotopic (exact) mass is 270 g/mol. The van der Waals surface area contributed by atoms with E-state index in [1.54, 1.807) is 12.1 Å². The SMILES string of the molecule is O=C(CNCc1ccc(Cl)cc1F)N1CCCC1. The summed E-state index contributed by atoms with van der Waals surface area (Å²) in [6.07, 6.45) is 2.16. The molecule has 0 spiro atoms. The average molecular weight is 271 g/mol. The molecule has 1 amide bonds. The third-order valence-corrected chi connectivity index (χ3v) is 3.30. The normalized spacial score (nSPS) is 15.1. The van der Waals surface area contributed by atoms with Crippen LogP contribution in [0.15, 0.2) is 18.2 Å². The van der Waals surface area contributed by atoms with Gasteiger partial charge in [-0.25, -0.2) is 4.39 Å². The lowest BCUT2D eigenvalue weighted by Gasteiger charge is -2.15. The van der Waals surface area contributed by atoms with Crippen molar-refractivity contribution >= 4 is 17.5 Å². The molecule has 0 bridgehead atoms. The second-order valence-corrected chi connectivity index (χ2v) is 4.86. The molecule has 18 heavy (non-hydrogen) atoms. The average Bonchev–Trinajstić information content (AvgIpc) is 2.85. The first-order valence-corrected chi connectivity index (χ1v) is 6.47. The summed E-state index contributed by atoms with van der Waals surface area (Å²) in [4.78, 5) is 13.6. The Hall–Kier alpha value is -1.13. The van der Waals surface area contributed by atoms with E-state index in [1.807, 2.05) is 4.90 Å². The van der Waals surface area contributed by atoms with E-state index in [9.17, 15) is 9.18 Å². The Bertz CT molecular complexity index is 433. The van der Waals surface area contributed by atoms with Crippen LogP contribution in [-0.4, -0.2) is 30.4 Å². The van der Waals surface area contributed by atoms with Crippen LogP contribution in [0.5, 0.6) is 0 Å². The maximum absolute atomic E-state index is 13.5. The lowest BCUT2D eigenvalue weighted by atomic mass is 10.2. The van der Waals surface area contributed by atoms with Crippen molar-refractivity contribution in [2.45, 2.75) is 19.4 Å². The maximum atomic E-state index is 13.5. The van der Waals surface area contributed by atoms with Gasteiger partial charge in [-0.05, 0) is 25.0 Å². The summed E-state index contributed by atoms with van der Waals surface area (Å²) in [7, 11) is 0. The zero-order valence-corrected chi connectivity index (χ0v) is 10.8. The molecule has 1 aromatic carbocycles. The van der Waals surface area contributed by atoms with E-state index in [4.69, 9.17) is 11.6 Å². The molecule has 1 aliphatic rings. The van der Waals surface area contributed by atoms with E-state index in [1.165, 1.54) is 6.07 Å². The highest BCUT2D eigenvalue weighted by Crippen LogP contribution is 2.14. The molecule has 0 radical (unpaired) electrons. The van der Waals surface area contributed by atoms with Crippen molar-refractivity contribution in [3.05, 3.63) is 34.6 Å².